The van der Waals surface area contributed by atoms with Crippen LogP contribution in [0.2, 0.25) is 10.0 Å². The van der Waals surface area contributed by atoms with Crippen molar-refractivity contribution in [3.05, 3.63) is 64.1 Å². The summed E-state index contributed by atoms with van der Waals surface area (Å²) in [5, 5.41) is 1.14. The molecule has 0 spiro atoms. The Balaban J connectivity index is 1.97. The van der Waals surface area contributed by atoms with Gasteiger partial charge in [-0.05, 0) is 54.8 Å². The molecule has 0 aliphatic carbocycles. The molecule has 6 heteroatoms. The van der Waals surface area contributed by atoms with Crippen molar-refractivity contribution in [1.29, 1.82) is 0 Å². The quantitative estimate of drug-likeness (QED) is 0.811. The highest BCUT2D eigenvalue weighted by molar-refractivity contribution is 7.89. The van der Waals surface area contributed by atoms with Crippen LogP contribution in [0, 0.1) is 0 Å². The minimum Gasteiger partial charge on any atom is -0.207 e. The maximum atomic E-state index is 12.9. The molecule has 1 aliphatic rings. The van der Waals surface area contributed by atoms with Crippen molar-refractivity contribution in [2.45, 2.75) is 23.8 Å². The first-order chi connectivity index (χ1) is 10.5. The van der Waals surface area contributed by atoms with Crippen molar-refractivity contribution >= 4 is 33.2 Å². The second kappa shape index (κ2) is 6.20. The van der Waals surface area contributed by atoms with E-state index < -0.39 is 10.0 Å². The van der Waals surface area contributed by atoms with Gasteiger partial charge in [0.1, 0.15) is 0 Å². The molecule has 1 unspecified atom stereocenters. The largest absolute Gasteiger partial charge is 0.243 e. The van der Waals surface area contributed by atoms with Crippen LogP contribution in [0.3, 0.4) is 0 Å². The van der Waals surface area contributed by atoms with Crippen LogP contribution < -0.4 is 0 Å². The first-order valence-electron chi connectivity index (χ1n) is 7.01. The summed E-state index contributed by atoms with van der Waals surface area (Å²) in [7, 11) is -3.53. The molecule has 0 saturated carbocycles. The van der Waals surface area contributed by atoms with E-state index >= 15 is 0 Å². The van der Waals surface area contributed by atoms with Crippen LogP contribution in [0.1, 0.15) is 24.4 Å². The number of hydrogen-bond donors (Lipinski definition) is 0. The topological polar surface area (TPSA) is 37.4 Å². The highest BCUT2D eigenvalue weighted by Gasteiger charge is 2.36. The molecule has 3 nitrogen and oxygen atoms in total. The molecule has 1 saturated heterocycles. The third-order valence-electron chi connectivity index (χ3n) is 3.86. The van der Waals surface area contributed by atoms with E-state index in [4.69, 9.17) is 23.2 Å². The van der Waals surface area contributed by atoms with Gasteiger partial charge in [-0.1, -0.05) is 35.3 Å². The third-order valence-corrected chi connectivity index (χ3v) is 6.27. The van der Waals surface area contributed by atoms with Crippen molar-refractivity contribution in [3.8, 4) is 0 Å². The molecule has 116 valence electrons. The van der Waals surface area contributed by atoms with Crippen molar-refractivity contribution in [2.24, 2.45) is 0 Å². The van der Waals surface area contributed by atoms with E-state index in [1.165, 1.54) is 0 Å². The number of rotatable bonds is 3. The maximum absolute atomic E-state index is 12.9. The Bertz CT molecular complexity index is 775. The smallest absolute Gasteiger partial charge is 0.207 e. The summed E-state index contributed by atoms with van der Waals surface area (Å²) in [6.07, 6.45) is 1.64. The van der Waals surface area contributed by atoms with Gasteiger partial charge in [-0.2, -0.15) is 4.31 Å². The monoisotopic (exact) mass is 355 g/mol. The average molecular weight is 356 g/mol. The van der Waals surface area contributed by atoms with E-state index in [1.54, 1.807) is 34.6 Å². The fourth-order valence-electron chi connectivity index (χ4n) is 2.82. The summed E-state index contributed by atoms with van der Waals surface area (Å²) >= 11 is 11.9. The van der Waals surface area contributed by atoms with Crippen molar-refractivity contribution in [2.75, 3.05) is 6.54 Å². The third kappa shape index (κ3) is 3.01. The average Bonchev–Trinajstić information content (AvgIpc) is 2.98. The number of benzene rings is 2. The fraction of sp³-hybridized carbons (Fsp3) is 0.250. The van der Waals surface area contributed by atoms with Crippen LogP contribution in [-0.2, 0) is 10.0 Å². The van der Waals surface area contributed by atoms with Gasteiger partial charge < -0.3 is 0 Å². The van der Waals surface area contributed by atoms with Gasteiger partial charge in [0.2, 0.25) is 10.0 Å². The van der Waals surface area contributed by atoms with Gasteiger partial charge in [0.05, 0.1) is 10.9 Å². The molecular weight excluding hydrogens is 341 g/mol. The minimum absolute atomic E-state index is 0.167. The molecule has 2 aromatic carbocycles. The van der Waals surface area contributed by atoms with Gasteiger partial charge in [0.15, 0.2) is 0 Å². The molecule has 22 heavy (non-hydrogen) atoms. The summed E-state index contributed by atoms with van der Waals surface area (Å²) in [5.74, 6) is 0. The van der Waals surface area contributed by atoms with Crippen LogP contribution in [0.4, 0.5) is 0 Å². The molecule has 0 radical (unpaired) electrons. The predicted molar refractivity (Wildman–Crippen MR) is 88.8 cm³/mol. The Labute approximate surface area is 140 Å². The lowest BCUT2D eigenvalue weighted by Crippen LogP contribution is -2.30. The van der Waals surface area contributed by atoms with E-state index in [-0.39, 0.29) is 10.9 Å². The maximum Gasteiger partial charge on any atom is 0.243 e. The van der Waals surface area contributed by atoms with E-state index in [0.29, 0.717) is 16.6 Å². The van der Waals surface area contributed by atoms with Crippen LogP contribution in [-0.4, -0.2) is 19.3 Å². The molecule has 3 rings (SSSR count). The summed E-state index contributed by atoms with van der Waals surface area (Å²) in [4.78, 5) is 0.269. The Kier molecular flexibility index (Phi) is 4.46. The lowest BCUT2D eigenvalue weighted by atomic mass is 10.1. The SMILES string of the molecule is O=S(=O)(c1ccc(Cl)cc1)N1CCCC1c1cccc(Cl)c1. The highest BCUT2D eigenvalue weighted by atomic mass is 35.5. The molecule has 0 amide bonds. The molecule has 0 aromatic heterocycles. The number of sulfonamides is 1. The standard InChI is InChI=1S/C16H15Cl2NO2S/c17-13-6-8-15(9-7-13)22(20,21)19-10-2-5-16(19)12-3-1-4-14(18)11-12/h1,3-4,6-9,11,16H,2,5,10H2. The lowest BCUT2D eigenvalue weighted by molar-refractivity contribution is 0.396. The van der Waals surface area contributed by atoms with Gasteiger partial charge in [0.25, 0.3) is 0 Å². The molecule has 0 N–H and O–H groups in total. The van der Waals surface area contributed by atoms with E-state index in [1.807, 2.05) is 18.2 Å². The first-order valence-corrected chi connectivity index (χ1v) is 9.21. The Morgan fingerprint density at radius 3 is 2.41 bits per heavy atom. The van der Waals surface area contributed by atoms with Gasteiger partial charge in [-0.15, -0.1) is 0 Å². The normalized spacial score (nSPS) is 19.5. The van der Waals surface area contributed by atoms with Crippen molar-refractivity contribution < 1.29 is 8.42 Å². The van der Waals surface area contributed by atoms with E-state index in [9.17, 15) is 8.42 Å². The molecule has 0 bridgehead atoms. The van der Waals surface area contributed by atoms with E-state index in [2.05, 4.69) is 0 Å². The van der Waals surface area contributed by atoms with E-state index in [0.717, 1.165) is 18.4 Å². The zero-order chi connectivity index (χ0) is 15.7. The van der Waals surface area contributed by atoms with Gasteiger partial charge in [-0.25, -0.2) is 8.42 Å². The zero-order valence-electron chi connectivity index (χ0n) is 11.7. The van der Waals surface area contributed by atoms with Crippen LogP contribution in [0.15, 0.2) is 53.4 Å². The molecular formula is C16H15Cl2NO2S. The Hall–Kier alpha value is -1.07. The molecule has 2 aromatic rings. The summed E-state index contributed by atoms with van der Waals surface area (Å²) in [6, 6.07) is 13.5. The molecule has 1 atom stereocenters. The zero-order valence-corrected chi connectivity index (χ0v) is 14.1. The Morgan fingerprint density at radius 2 is 1.73 bits per heavy atom. The van der Waals surface area contributed by atoms with Crippen LogP contribution >= 0.6 is 23.2 Å². The molecule has 1 heterocycles. The first kappa shape index (κ1) is 15.8. The Morgan fingerprint density at radius 1 is 1.00 bits per heavy atom. The fourth-order valence-corrected chi connectivity index (χ4v) is 4.82. The predicted octanol–water partition coefficient (Wildman–Crippen LogP) is 4.52. The lowest BCUT2D eigenvalue weighted by Gasteiger charge is -2.24. The molecule has 1 aliphatic heterocycles. The van der Waals surface area contributed by atoms with Gasteiger partial charge >= 0.3 is 0 Å². The van der Waals surface area contributed by atoms with Crippen molar-refractivity contribution in [1.82, 2.24) is 4.31 Å². The summed E-state index contributed by atoms with van der Waals surface area (Å²) in [6.45, 7) is 0.516. The number of halogens is 2. The highest BCUT2D eigenvalue weighted by Crippen LogP contribution is 2.37. The number of hydrogen-bond acceptors (Lipinski definition) is 2. The second-order valence-electron chi connectivity index (χ2n) is 5.28. The number of nitrogens with zero attached hydrogens (tertiary/aromatic N) is 1. The van der Waals surface area contributed by atoms with Crippen LogP contribution in [0.5, 0.6) is 0 Å². The second-order valence-corrected chi connectivity index (χ2v) is 8.05. The molecule has 1 fully saturated rings. The van der Waals surface area contributed by atoms with Crippen molar-refractivity contribution in [3.63, 3.8) is 0 Å². The van der Waals surface area contributed by atoms with Gasteiger partial charge in [-0.3, -0.25) is 0 Å². The van der Waals surface area contributed by atoms with Crippen LogP contribution in [0.25, 0.3) is 0 Å². The minimum atomic E-state index is -3.53. The summed E-state index contributed by atoms with van der Waals surface area (Å²) < 4.78 is 27.3. The summed E-state index contributed by atoms with van der Waals surface area (Å²) in [5.41, 5.74) is 0.933. The van der Waals surface area contributed by atoms with Gasteiger partial charge in [0, 0.05) is 16.6 Å².